The van der Waals surface area contributed by atoms with Crippen LogP contribution in [0.5, 0.6) is 0 Å². The molecule has 0 atom stereocenters. The van der Waals surface area contributed by atoms with E-state index in [0.29, 0.717) is 4.90 Å². The van der Waals surface area contributed by atoms with Crippen LogP contribution in [0.3, 0.4) is 0 Å². The molecule has 1 saturated carbocycles. The van der Waals surface area contributed by atoms with Gasteiger partial charge >= 0.3 is 0 Å². The molecule has 1 fully saturated rings. The van der Waals surface area contributed by atoms with E-state index in [2.05, 4.69) is 20.7 Å². The highest BCUT2D eigenvalue weighted by atomic mass is 79.9. The van der Waals surface area contributed by atoms with Crippen molar-refractivity contribution in [3.63, 3.8) is 0 Å². The Morgan fingerprint density at radius 1 is 1.27 bits per heavy atom. The largest absolute Gasteiger partial charge is 0.241 e. The van der Waals surface area contributed by atoms with Crippen molar-refractivity contribution >= 4 is 26.0 Å². The van der Waals surface area contributed by atoms with Gasteiger partial charge in [0.15, 0.2) is 0 Å². The van der Waals surface area contributed by atoms with Crippen molar-refractivity contribution in [2.45, 2.75) is 30.2 Å². The molecule has 1 aliphatic rings. The lowest BCUT2D eigenvalue weighted by atomic mass is 10.4. The summed E-state index contributed by atoms with van der Waals surface area (Å²) in [5, 5.41) is 0. The van der Waals surface area contributed by atoms with Crippen LogP contribution in [0, 0.1) is 0 Å². The Morgan fingerprint density at radius 3 is 2.27 bits per heavy atom. The van der Waals surface area contributed by atoms with E-state index < -0.39 is 10.0 Å². The molecule has 3 nitrogen and oxygen atoms in total. The first-order valence-corrected chi connectivity index (χ1v) is 6.99. The molecule has 0 amide bonds. The third kappa shape index (κ3) is 2.59. The maximum atomic E-state index is 11.9. The van der Waals surface area contributed by atoms with Crippen LogP contribution in [-0.4, -0.2) is 14.0 Å². The summed E-state index contributed by atoms with van der Waals surface area (Å²) in [6.07, 6.45) is 1.84. The molecule has 1 aliphatic carbocycles. The highest BCUT2D eigenvalue weighted by Gasteiger charge is 2.41. The maximum absolute atomic E-state index is 11.9. The van der Waals surface area contributed by atoms with Gasteiger partial charge in [0, 0.05) is 10.0 Å². The Morgan fingerprint density at radius 2 is 1.80 bits per heavy atom. The molecule has 82 valence electrons. The molecule has 0 unspecified atom stereocenters. The predicted octanol–water partition coefficient (Wildman–Crippen LogP) is 2.28. The van der Waals surface area contributed by atoms with Crippen molar-refractivity contribution in [1.82, 2.24) is 4.72 Å². The number of rotatable bonds is 3. The number of hydrogen-bond acceptors (Lipinski definition) is 2. The maximum Gasteiger partial charge on any atom is 0.241 e. The lowest BCUT2D eigenvalue weighted by Crippen LogP contribution is -2.34. The van der Waals surface area contributed by atoms with Crippen molar-refractivity contribution in [1.29, 1.82) is 0 Å². The van der Waals surface area contributed by atoms with Gasteiger partial charge in [-0.15, -0.1) is 0 Å². The zero-order valence-electron chi connectivity index (χ0n) is 8.33. The fraction of sp³-hybridized carbons (Fsp3) is 0.400. The molecule has 0 radical (unpaired) electrons. The second-order valence-electron chi connectivity index (χ2n) is 4.12. The van der Waals surface area contributed by atoms with Crippen LogP contribution in [0.2, 0.25) is 0 Å². The van der Waals surface area contributed by atoms with Crippen LogP contribution in [0.4, 0.5) is 0 Å². The monoisotopic (exact) mass is 289 g/mol. The summed E-state index contributed by atoms with van der Waals surface area (Å²) in [7, 11) is -3.34. The number of hydrogen-bond donors (Lipinski definition) is 1. The highest BCUT2D eigenvalue weighted by Crippen LogP contribution is 2.35. The molecule has 0 spiro atoms. The average molecular weight is 290 g/mol. The Hall–Kier alpha value is -0.390. The number of halogens is 1. The van der Waals surface area contributed by atoms with Crippen LogP contribution in [0.15, 0.2) is 33.6 Å². The van der Waals surface area contributed by atoms with Crippen molar-refractivity contribution in [3.05, 3.63) is 28.7 Å². The average Bonchev–Trinajstić information content (AvgIpc) is 2.82. The molecule has 2 rings (SSSR count). The SMILES string of the molecule is CC1(NS(=O)(=O)c2ccc(Br)cc2)CC1. The molecule has 1 aromatic rings. The predicted molar refractivity (Wildman–Crippen MR) is 62.1 cm³/mol. The minimum atomic E-state index is -3.34. The molecular weight excluding hydrogens is 278 g/mol. The van der Waals surface area contributed by atoms with E-state index in [1.54, 1.807) is 24.3 Å². The molecule has 0 heterocycles. The van der Waals surface area contributed by atoms with E-state index in [1.807, 2.05) is 6.92 Å². The number of benzene rings is 1. The molecule has 5 heteroatoms. The summed E-state index contributed by atoms with van der Waals surface area (Å²) in [4.78, 5) is 0.318. The van der Waals surface area contributed by atoms with Crippen molar-refractivity contribution in [2.75, 3.05) is 0 Å². The van der Waals surface area contributed by atoms with Crippen LogP contribution < -0.4 is 4.72 Å². The van der Waals surface area contributed by atoms with Gasteiger partial charge in [-0.05, 0) is 44.0 Å². The van der Waals surface area contributed by atoms with Crippen LogP contribution >= 0.6 is 15.9 Å². The fourth-order valence-corrected chi connectivity index (χ4v) is 3.02. The first kappa shape index (κ1) is 11.1. The molecule has 1 N–H and O–H groups in total. The van der Waals surface area contributed by atoms with Crippen molar-refractivity contribution in [2.24, 2.45) is 0 Å². The van der Waals surface area contributed by atoms with Gasteiger partial charge in [-0.2, -0.15) is 0 Å². The Labute approximate surface area is 98.1 Å². The van der Waals surface area contributed by atoms with Crippen molar-refractivity contribution in [3.8, 4) is 0 Å². The first-order chi connectivity index (χ1) is 6.91. The molecular formula is C10H12BrNO2S. The van der Waals surface area contributed by atoms with E-state index in [0.717, 1.165) is 17.3 Å². The van der Waals surface area contributed by atoms with Gasteiger partial charge in [0.2, 0.25) is 10.0 Å². The van der Waals surface area contributed by atoms with E-state index in [9.17, 15) is 8.42 Å². The Balaban J connectivity index is 2.25. The lowest BCUT2D eigenvalue weighted by Gasteiger charge is -2.11. The standard InChI is InChI=1S/C10H12BrNO2S/c1-10(6-7-10)12-15(13,14)9-4-2-8(11)3-5-9/h2-5,12H,6-7H2,1H3. The number of sulfonamides is 1. The highest BCUT2D eigenvalue weighted by molar-refractivity contribution is 9.10. The lowest BCUT2D eigenvalue weighted by molar-refractivity contribution is 0.558. The van der Waals surface area contributed by atoms with Gasteiger partial charge in [0.25, 0.3) is 0 Å². The summed E-state index contributed by atoms with van der Waals surface area (Å²) in [6, 6.07) is 6.64. The van der Waals surface area contributed by atoms with Gasteiger partial charge in [-0.3, -0.25) is 0 Å². The summed E-state index contributed by atoms with van der Waals surface area (Å²) in [6.45, 7) is 1.92. The van der Waals surface area contributed by atoms with Gasteiger partial charge in [-0.25, -0.2) is 13.1 Å². The van der Waals surface area contributed by atoms with E-state index >= 15 is 0 Å². The minimum Gasteiger partial charge on any atom is -0.207 e. The molecule has 1 aromatic carbocycles. The zero-order valence-corrected chi connectivity index (χ0v) is 10.7. The summed E-state index contributed by atoms with van der Waals surface area (Å²) >= 11 is 3.27. The first-order valence-electron chi connectivity index (χ1n) is 4.71. The quantitative estimate of drug-likeness (QED) is 0.928. The summed E-state index contributed by atoms with van der Waals surface area (Å²) < 4.78 is 27.3. The van der Waals surface area contributed by atoms with Crippen LogP contribution in [0.1, 0.15) is 19.8 Å². The van der Waals surface area contributed by atoms with E-state index in [-0.39, 0.29) is 5.54 Å². The minimum absolute atomic E-state index is 0.216. The van der Waals surface area contributed by atoms with Crippen LogP contribution in [-0.2, 0) is 10.0 Å². The van der Waals surface area contributed by atoms with E-state index in [1.165, 1.54) is 0 Å². The van der Waals surface area contributed by atoms with Gasteiger partial charge in [-0.1, -0.05) is 15.9 Å². The molecule has 0 bridgehead atoms. The third-order valence-corrected chi connectivity index (χ3v) is 4.69. The molecule has 0 aliphatic heterocycles. The summed E-state index contributed by atoms with van der Waals surface area (Å²) in [5.41, 5.74) is -0.216. The molecule has 0 saturated heterocycles. The smallest absolute Gasteiger partial charge is 0.207 e. The van der Waals surface area contributed by atoms with Gasteiger partial charge in [0.05, 0.1) is 4.90 Å². The van der Waals surface area contributed by atoms with Gasteiger partial charge < -0.3 is 0 Å². The Kier molecular flexibility index (Phi) is 2.65. The second-order valence-corrected chi connectivity index (χ2v) is 6.72. The molecule has 15 heavy (non-hydrogen) atoms. The molecule has 0 aromatic heterocycles. The summed E-state index contributed by atoms with van der Waals surface area (Å²) in [5.74, 6) is 0. The van der Waals surface area contributed by atoms with Gasteiger partial charge in [0.1, 0.15) is 0 Å². The second kappa shape index (κ2) is 3.57. The zero-order chi connectivity index (χ0) is 11.1. The Bertz CT molecular complexity index is 463. The van der Waals surface area contributed by atoms with E-state index in [4.69, 9.17) is 0 Å². The normalized spacial score (nSPS) is 18.8. The number of nitrogens with one attached hydrogen (secondary N) is 1. The fourth-order valence-electron chi connectivity index (χ4n) is 1.29. The topological polar surface area (TPSA) is 46.2 Å². The third-order valence-electron chi connectivity index (χ3n) is 2.50. The van der Waals surface area contributed by atoms with Crippen LogP contribution in [0.25, 0.3) is 0 Å². The van der Waals surface area contributed by atoms with Crippen molar-refractivity contribution < 1.29 is 8.42 Å².